The topological polar surface area (TPSA) is 12.9 Å². The van der Waals surface area contributed by atoms with E-state index in [1.54, 1.807) is 0 Å². The van der Waals surface area contributed by atoms with E-state index in [9.17, 15) is 0 Å². The molecule has 13 heavy (non-hydrogen) atoms. The fraction of sp³-hybridized carbons (Fsp3) is 0.583. The molecular formula is C12H19N. The number of aromatic nitrogens is 1. The van der Waals surface area contributed by atoms with Gasteiger partial charge in [0.05, 0.1) is 0 Å². The second-order valence-corrected chi connectivity index (χ2v) is 3.39. The molecule has 1 rings (SSSR count). The van der Waals surface area contributed by atoms with Gasteiger partial charge in [-0.1, -0.05) is 20.8 Å². The molecule has 0 aliphatic rings. The smallest absolute Gasteiger partial charge is 0.0407 e. The molecule has 0 saturated carbocycles. The van der Waals surface area contributed by atoms with E-state index in [-0.39, 0.29) is 0 Å². The van der Waals surface area contributed by atoms with Crippen LogP contribution in [0.5, 0.6) is 0 Å². The van der Waals surface area contributed by atoms with Crippen LogP contribution in [0.25, 0.3) is 0 Å². The minimum Gasteiger partial charge on any atom is -0.261 e. The maximum absolute atomic E-state index is 4.43. The summed E-state index contributed by atoms with van der Waals surface area (Å²) in [7, 11) is 0. The van der Waals surface area contributed by atoms with Crippen LogP contribution in [0.3, 0.4) is 0 Å². The van der Waals surface area contributed by atoms with Crippen molar-refractivity contribution < 1.29 is 0 Å². The SMILES string of the molecule is CCc1cnc(C)c(CC)c1CC. The van der Waals surface area contributed by atoms with Crippen molar-refractivity contribution in [1.29, 1.82) is 0 Å². The summed E-state index contributed by atoms with van der Waals surface area (Å²) in [5, 5.41) is 0. The van der Waals surface area contributed by atoms with Gasteiger partial charge in [0.2, 0.25) is 0 Å². The van der Waals surface area contributed by atoms with E-state index in [4.69, 9.17) is 0 Å². The molecule has 0 aliphatic carbocycles. The third kappa shape index (κ3) is 1.90. The lowest BCUT2D eigenvalue weighted by atomic mass is 9.96. The Kier molecular flexibility index (Phi) is 3.47. The summed E-state index contributed by atoms with van der Waals surface area (Å²) in [5.74, 6) is 0. The summed E-state index contributed by atoms with van der Waals surface area (Å²) in [4.78, 5) is 4.43. The lowest BCUT2D eigenvalue weighted by molar-refractivity contribution is 0.930. The molecule has 0 atom stereocenters. The van der Waals surface area contributed by atoms with Crippen LogP contribution in [-0.4, -0.2) is 4.98 Å². The van der Waals surface area contributed by atoms with Gasteiger partial charge < -0.3 is 0 Å². The predicted octanol–water partition coefficient (Wildman–Crippen LogP) is 3.08. The van der Waals surface area contributed by atoms with Crippen molar-refractivity contribution in [2.24, 2.45) is 0 Å². The average molecular weight is 177 g/mol. The van der Waals surface area contributed by atoms with E-state index in [1.807, 2.05) is 6.20 Å². The van der Waals surface area contributed by atoms with Gasteiger partial charge in [0.25, 0.3) is 0 Å². The molecule has 0 aromatic carbocycles. The summed E-state index contributed by atoms with van der Waals surface area (Å²) in [6.45, 7) is 8.75. The molecule has 0 bridgehead atoms. The van der Waals surface area contributed by atoms with E-state index >= 15 is 0 Å². The zero-order chi connectivity index (χ0) is 9.84. The highest BCUT2D eigenvalue weighted by atomic mass is 14.7. The Morgan fingerprint density at radius 3 is 2.08 bits per heavy atom. The predicted molar refractivity (Wildman–Crippen MR) is 57.1 cm³/mol. The molecule has 0 N–H and O–H groups in total. The van der Waals surface area contributed by atoms with E-state index in [0.29, 0.717) is 0 Å². The van der Waals surface area contributed by atoms with Crippen LogP contribution in [0, 0.1) is 6.92 Å². The molecular weight excluding hydrogens is 158 g/mol. The Bertz CT molecular complexity index is 289. The van der Waals surface area contributed by atoms with Crippen molar-refractivity contribution in [3.8, 4) is 0 Å². The molecule has 0 aliphatic heterocycles. The molecule has 72 valence electrons. The molecule has 0 saturated heterocycles. The second-order valence-electron chi connectivity index (χ2n) is 3.39. The van der Waals surface area contributed by atoms with Gasteiger partial charge in [0.15, 0.2) is 0 Å². The van der Waals surface area contributed by atoms with Crippen LogP contribution in [-0.2, 0) is 19.3 Å². The van der Waals surface area contributed by atoms with Gasteiger partial charge in [-0.2, -0.15) is 0 Å². The van der Waals surface area contributed by atoms with Crippen LogP contribution in [0.2, 0.25) is 0 Å². The summed E-state index contributed by atoms with van der Waals surface area (Å²) in [5.41, 5.74) is 5.61. The average Bonchev–Trinajstić information content (AvgIpc) is 2.17. The van der Waals surface area contributed by atoms with Crippen LogP contribution < -0.4 is 0 Å². The maximum atomic E-state index is 4.43. The van der Waals surface area contributed by atoms with Gasteiger partial charge in [-0.05, 0) is 42.9 Å². The van der Waals surface area contributed by atoms with Crippen molar-refractivity contribution >= 4 is 0 Å². The van der Waals surface area contributed by atoms with Crippen molar-refractivity contribution in [3.63, 3.8) is 0 Å². The molecule has 1 heteroatoms. The molecule has 1 nitrogen and oxygen atoms in total. The normalized spacial score (nSPS) is 10.5. The number of hydrogen-bond donors (Lipinski definition) is 0. The fourth-order valence-corrected chi connectivity index (χ4v) is 1.96. The lowest BCUT2D eigenvalue weighted by Gasteiger charge is -2.12. The van der Waals surface area contributed by atoms with E-state index in [1.165, 1.54) is 22.4 Å². The molecule has 0 amide bonds. The van der Waals surface area contributed by atoms with Crippen LogP contribution in [0.15, 0.2) is 6.20 Å². The maximum Gasteiger partial charge on any atom is 0.0407 e. The minimum atomic E-state index is 1.10. The molecule has 0 unspecified atom stereocenters. The summed E-state index contributed by atoms with van der Waals surface area (Å²) in [6, 6.07) is 0. The van der Waals surface area contributed by atoms with Crippen LogP contribution in [0.4, 0.5) is 0 Å². The monoisotopic (exact) mass is 177 g/mol. The van der Waals surface area contributed by atoms with Gasteiger partial charge in [0, 0.05) is 11.9 Å². The first-order valence-corrected chi connectivity index (χ1v) is 5.20. The Balaban J connectivity index is 3.27. The first-order chi connectivity index (χ1) is 6.24. The summed E-state index contributed by atoms with van der Waals surface area (Å²) < 4.78 is 0. The van der Waals surface area contributed by atoms with Gasteiger partial charge >= 0.3 is 0 Å². The standard InChI is InChI=1S/C12H19N/c1-5-10-8-13-9(4)11(6-2)12(10)7-3/h8H,5-7H2,1-4H3. The number of hydrogen-bond acceptors (Lipinski definition) is 1. The van der Waals surface area contributed by atoms with Crippen molar-refractivity contribution in [1.82, 2.24) is 4.98 Å². The van der Waals surface area contributed by atoms with Crippen LogP contribution >= 0.6 is 0 Å². The quantitative estimate of drug-likeness (QED) is 0.691. The number of aryl methyl sites for hydroxylation is 2. The molecule has 0 radical (unpaired) electrons. The number of pyridine rings is 1. The molecule has 0 fully saturated rings. The minimum absolute atomic E-state index is 1.10. The zero-order valence-electron chi connectivity index (χ0n) is 9.15. The third-order valence-corrected chi connectivity index (χ3v) is 2.69. The van der Waals surface area contributed by atoms with Crippen molar-refractivity contribution in [2.45, 2.75) is 47.0 Å². The Morgan fingerprint density at radius 1 is 1.00 bits per heavy atom. The highest BCUT2D eigenvalue weighted by Gasteiger charge is 2.07. The lowest BCUT2D eigenvalue weighted by Crippen LogP contribution is -2.02. The number of nitrogens with zero attached hydrogens (tertiary/aromatic N) is 1. The first kappa shape index (κ1) is 10.2. The zero-order valence-corrected chi connectivity index (χ0v) is 9.15. The fourth-order valence-electron chi connectivity index (χ4n) is 1.96. The number of rotatable bonds is 3. The van der Waals surface area contributed by atoms with Gasteiger partial charge in [-0.25, -0.2) is 0 Å². The summed E-state index contributed by atoms with van der Waals surface area (Å²) in [6.07, 6.45) is 5.38. The van der Waals surface area contributed by atoms with Gasteiger partial charge in [-0.15, -0.1) is 0 Å². The first-order valence-electron chi connectivity index (χ1n) is 5.20. The van der Waals surface area contributed by atoms with E-state index in [2.05, 4.69) is 32.7 Å². The highest BCUT2D eigenvalue weighted by molar-refractivity contribution is 5.36. The van der Waals surface area contributed by atoms with E-state index in [0.717, 1.165) is 19.3 Å². The van der Waals surface area contributed by atoms with Crippen molar-refractivity contribution in [3.05, 3.63) is 28.6 Å². The van der Waals surface area contributed by atoms with Crippen LogP contribution in [0.1, 0.15) is 43.2 Å². The molecule has 1 heterocycles. The third-order valence-electron chi connectivity index (χ3n) is 2.69. The molecule has 1 aromatic rings. The molecule has 0 spiro atoms. The van der Waals surface area contributed by atoms with E-state index < -0.39 is 0 Å². The summed E-state index contributed by atoms with van der Waals surface area (Å²) >= 11 is 0. The second kappa shape index (κ2) is 4.40. The Labute approximate surface area is 81.2 Å². The van der Waals surface area contributed by atoms with Crippen molar-refractivity contribution in [2.75, 3.05) is 0 Å². The highest BCUT2D eigenvalue weighted by Crippen LogP contribution is 2.18. The Morgan fingerprint density at radius 2 is 1.62 bits per heavy atom. The van der Waals surface area contributed by atoms with Gasteiger partial charge in [0.1, 0.15) is 0 Å². The van der Waals surface area contributed by atoms with Gasteiger partial charge in [-0.3, -0.25) is 4.98 Å². The largest absolute Gasteiger partial charge is 0.261 e. The molecule has 1 aromatic heterocycles. The Hall–Kier alpha value is -0.850.